The number of nitrogens with two attached hydrogens (primary N) is 2. The summed E-state index contributed by atoms with van der Waals surface area (Å²) in [4.78, 5) is 76.3. The standard InChI is InChI=1S/C26H36N6O8/c1-13(2)9-16(27)23(36)30-18(7-8-21(28)33)24(37)31-19(25(38)32-20(26(39)40)11-22(34)35)10-14-12-29-17-6-4-3-5-15(14)17/h3-6,12-13,16,18-20,29H,7-11,27H2,1-2H3,(H2,28,33)(H,30,36)(H,31,37)(H,32,38)(H,34,35)(H,39,40). The molecule has 0 radical (unpaired) electrons. The number of para-hydroxylation sites is 1. The molecular weight excluding hydrogens is 524 g/mol. The van der Waals surface area contributed by atoms with Gasteiger partial charge in [0.15, 0.2) is 0 Å². The summed E-state index contributed by atoms with van der Waals surface area (Å²) in [7, 11) is 0. The Balaban J connectivity index is 2.34. The number of primary amides is 1. The Morgan fingerprint density at radius 3 is 2.10 bits per heavy atom. The molecule has 1 heterocycles. The lowest BCUT2D eigenvalue weighted by molar-refractivity contribution is -0.147. The first-order valence-corrected chi connectivity index (χ1v) is 12.7. The maximum Gasteiger partial charge on any atom is 0.326 e. The Morgan fingerprint density at radius 1 is 0.900 bits per heavy atom. The molecule has 0 fully saturated rings. The Morgan fingerprint density at radius 2 is 1.50 bits per heavy atom. The summed E-state index contributed by atoms with van der Waals surface area (Å²) in [6, 6.07) is 1.81. The SMILES string of the molecule is CC(C)CC(N)C(=O)NC(CCC(N)=O)C(=O)NC(Cc1c[nH]c2ccccc12)C(=O)NC(CC(=O)O)C(=O)O. The molecule has 40 heavy (non-hydrogen) atoms. The molecule has 0 aliphatic rings. The van der Waals surface area contributed by atoms with E-state index in [1.807, 2.05) is 13.8 Å². The average molecular weight is 561 g/mol. The van der Waals surface area contributed by atoms with E-state index in [1.54, 1.807) is 30.5 Å². The van der Waals surface area contributed by atoms with Gasteiger partial charge in [0.2, 0.25) is 23.6 Å². The maximum atomic E-state index is 13.3. The minimum Gasteiger partial charge on any atom is -0.481 e. The highest BCUT2D eigenvalue weighted by Crippen LogP contribution is 2.19. The number of aliphatic carboxylic acids is 2. The number of benzene rings is 1. The van der Waals surface area contributed by atoms with Crippen LogP contribution in [0.25, 0.3) is 10.9 Å². The van der Waals surface area contributed by atoms with Crippen LogP contribution in [0.1, 0.15) is 45.1 Å². The van der Waals surface area contributed by atoms with Crippen LogP contribution < -0.4 is 27.4 Å². The van der Waals surface area contributed by atoms with Gasteiger partial charge < -0.3 is 42.6 Å². The van der Waals surface area contributed by atoms with Crippen molar-refractivity contribution < 1.29 is 39.0 Å². The number of hydrogen-bond acceptors (Lipinski definition) is 7. The molecule has 4 atom stereocenters. The Labute approximate surface area is 230 Å². The van der Waals surface area contributed by atoms with E-state index >= 15 is 0 Å². The van der Waals surface area contributed by atoms with Gasteiger partial charge in [-0.15, -0.1) is 0 Å². The van der Waals surface area contributed by atoms with E-state index in [0.29, 0.717) is 12.0 Å². The maximum absolute atomic E-state index is 13.3. The zero-order valence-electron chi connectivity index (χ0n) is 22.3. The second-order valence-electron chi connectivity index (χ2n) is 9.92. The average Bonchev–Trinajstić information content (AvgIpc) is 3.27. The molecule has 0 saturated carbocycles. The number of carboxylic acids is 2. The number of fused-ring (bicyclic) bond motifs is 1. The van der Waals surface area contributed by atoms with E-state index in [4.69, 9.17) is 16.6 Å². The van der Waals surface area contributed by atoms with Gasteiger partial charge in [0.05, 0.1) is 12.5 Å². The molecule has 218 valence electrons. The van der Waals surface area contributed by atoms with E-state index in [0.717, 1.165) is 10.9 Å². The minimum atomic E-state index is -1.76. The van der Waals surface area contributed by atoms with E-state index in [9.17, 15) is 33.9 Å². The van der Waals surface area contributed by atoms with Gasteiger partial charge in [-0.25, -0.2) is 4.79 Å². The predicted octanol–water partition coefficient (Wildman–Crippen LogP) is -0.637. The number of amides is 4. The molecule has 14 heteroatoms. The van der Waals surface area contributed by atoms with E-state index in [1.165, 1.54) is 0 Å². The van der Waals surface area contributed by atoms with Crippen molar-refractivity contribution in [3.8, 4) is 0 Å². The molecule has 1 aromatic carbocycles. The first-order valence-electron chi connectivity index (χ1n) is 12.7. The molecule has 0 saturated heterocycles. The largest absolute Gasteiger partial charge is 0.481 e. The summed E-state index contributed by atoms with van der Waals surface area (Å²) in [5.41, 5.74) is 12.5. The van der Waals surface area contributed by atoms with Crippen molar-refractivity contribution in [2.45, 2.75) is 70.1 Å². The molecule has 0 aliphatic heterocycles. The van der Waals surface area contributed by atoms with Crippen molar-refractivity contribution in [3.05, 3.63) is 36.0 Å². The Bertz CT molecular complexity index is 1240. The first-order chi connectivity index (χ1) is 18.8. The van der Waals surface area contributed by atoms with Crippen LogP contribution in [-0.2, 0) is 35.2 Å². The number of aromatic nitrogens is 1. The highest BCUT2D eigenvalue weighted by atomic mass is 16.4. The van der Waals surface area contributed by atoms with E-state index in [-0.39, 0.29) is 25.2 Å². The summed E-state index contributed by atoms with van der Waals surface area (Å²) in [6.07, 6.45) is 0.530. The van der Waals surface area contributed by atoms with Gasteiger partial charge in [0.25, 0.3) is 0 Å². The van der Waals surface area contributed by atoms with Gasteiger partial charge >= 0.3 is 11.9 Å². The third-order valence-electron chi connectivity index (χ3n) is 6.10. The number of aromatic amines is 1. The van der Waals surface area contributed by atoms with E-state index < -0.39 is 66.2 Å². The monoisotopic (exact) mass is 560 g/mol. The molecule has 4 unspecified atom stereocenters. The topological polar surface area (TPSA) is 247 Å². The smallest absolute Gasteiger partial charge is 0.326 e. The van der Waals surface area contributed by atoms with Crippen LogP contribution in [0.5, 0.6) is 0 Å². The number of hydrogen-bond donors (Lipinski definition) is 8. The van der Waals surface area contributed by atoms with Crippen LogP contribution >= 0.6 is 0 Å². The highest BCUT2D eigenvalue weighted by Gasteiger charge is 2.32. The van der Waals surface area contributed by atoms with Crippen molar-refractivity contribution in [2.24, 2.45) is 17.4 Å². The van der Waals surface area contributed by atoms with Crippen LogP contribution in [0.4, 0.5) is 0 Å². The van der Waals surface area contributed by atoms with Gasteiger partial charge in [-0.2, -0.15) is 0 Å². The van der Waals surface area contributed by atoms with Crippen LogP contribution in [0.2, 0.25) is 0 Å². The minimum absolute atomic E-state index is 0.0934. The second-order valence-corrected chi connectivity index (χ2v) is 9.92. The number of rotatable bonds is 16. The lowest BCUT2D eigenvalue weighted by atomic mass is 10.0. The lowest BCUT2D eigenvalue weighted by Crippen LogP contribution is -2.58. The van der Waals surface area contributed by atoms with Crippen LogP contribution in [0.3, 0.4) is 0 Å². The third-order valence-corrected chi connectivity index (χ3v) is 6.10. The third kappa shape index (κ3) is 9.69. The fourth-order valence-corrected chi connectivity index (χ4v) is 4.10. The number of carboxylic acid groups (broad SMARTS) is 2. The van der Waals surface area contributed by atoms with Gasteiger partial charge in [0.1, 0.15) is 18.1 Å². The Hall–Kier alpha value is -4.46. The van der Waals surface area contributed by atoms with Gasteiger partial charge in [0, 0.05) is 29.9 Å². The van der Waals surface area contributed by atoms with Crippen molar-refractivity contribution >= 4 is 46.5 Å². The molecule has 0 bridgehead atoms. The number of H-pyrrole nitrogens is 1. The first kappa shape index (κ1) is 31.8. The van der Waals surface area contributed by atoms with Crippen LogP contribution in [0.15, 0.2) is 30.5 Å². The molecular formula is C26H36N6O8. The molecule has 1 aromatic heterocycles. The van der Waals surface area contributed by atoms with Gasteiger partial charge in [-0.3, -0.25) is 24.0 Å². The zero-order valence-corrected chi connectivity index (χ0v) is 22.3. The van der Waals surface area contributed by atoms with Crippen molar-refractivity contribution in [3.63, 3.8) is 0 Å². The van der Waals surface area contributed by atoms with Crippen molar-refractivity contribution in [1.29, 1.82) is 0 Å². The van der Waals surface area contributed by atoms with Crippen molar-refractivity contribution in [1.82, 2.24) is 20.9 Å². The fourth-order valence-electron chi connectivity index (χ4n) is 4.10. The highest BCUT2D eigenvalue weighted by molar-refractivity contribution is 5.95. The second kappa shape index (κ2) is 14.6. The quantitative estimate of drug-likeness (QED) is 0.130. The summed E-state index contributed by atoms with van der Waals surface area (Å²) in [5.74, 6) is -6.07. The summed E-state index contributed by atoms with van der Waals surface area (Å²) in [6.45, 7) is 3.74. The molecule has 2 aromatic rings. The number of carbonyl (C=O) groups is 6. The van der Waals surface area contributed by atoms with Gasteiger partial charge in [-0.05, 0) is 30.4 Å². The summed E-state index contributed by atoms with van der Waals surface area (Å²) >= 11 is 0. The zero-order chi connectivity index (χ0) is 30.0. The predicted molar refractivity (Wildman–Crippen MR) is 144 cm³/mol. The molecule has 0 spiro atoms. The van der Waals surface area contributed by atoms with Crippen molar-refractivity contribution in [2.75, 3.05) is 0 Å². The molecule has 14 nitrogen and oxygen atoms in total. The lowest BCUT2D eigenvalue weighted by Gasteiger charge is -2.25. The molecule has 10 N–H and O–H groups in total. The van der Waals surface area contributed by atoms with Crippen LogP contribution in [0, 0.1) is 5.92 Å². The summed E-state index contributed by atoms with van der Waals surface area (Å²) in [5, 5.41) is 26.3. The summed E-state index contributed by atoms with van der Waals surface area (Å²) < 4.78 is 0. The molecule has 2 rings (SSSR count). The molecule has 4 amide bonds. The van der Waals surface area contributed by atoms with Gasteiger partial charge in [-0.1, -0.05) is 32.0 Å². The fraction of sp³-hybridized carbons (Fsp3) is 0.462. The number of nitrogens with one attached hydrogen (secondary N) is 4. The van der Waals surface area contributed by atoms with E-state index in [2.05, 4.69) is 20.9 Å². The normalized spacial score (nSPS) is 14.1. The number of carbonyl (C=O) groups excluding carboxylic acids is 4. The molecule has 0 aliphatic carbocycles. The van der Waals surface area contributed by atoms with Crippen LogP contribution in [-0.4, -0.2) is 74.9 Å². The Kier molecular flexibility index (Phi) is 11.6.